The van der Waals surface area contributed by atoms with E-state index in [4.69, 9.17) is 4.98 Å². The molecule has 4 aliphatic rings. The van der Waals surface area contributed by atoms with Gasteiger partial charge in [0.05, 0.1) is 22.6 Å². The summed E-state index contributed by atoms with van der Waals surface area (Å²) in [6.07, 6.45) is 7.82. The molecule has 4 aromatic rings. The lowest BCUT2D eigenvalue weighted by Gasteiger charge is -2.57. The largest absolute Gasteiger partial charge is 0.332 e. The van der Waals surface area contributed by atoms with Crippen molar-refractivity contribution < 1.29 is 4.79 Å². The molecule has 0 aliphatic heterocycles. The van der Waals surface area contributed by atoms with Crippen LogP contribution in [0, 0.1) is 17.8 Å². The smallest absolute Gasteiger partial charge is 0.318 e. The molecule has 4 fully saturated rings. The number of carbonyl (C=O) groups is 1. The highest BCUT2D eigenvalue weighted by Crippen LogP contribution is 2.55. The van der Waals surface area contributed by atoms with E-state index in [1.165, 1.54) is 19.3 Å². The number of fused-ring (bicyclic) bond motifs is 1. The normalized spacial score (nSPS) is 25.0. The Morgan fingerprint density at radius 2 is 1.57 bits per heavy atom. The first kappa shape index (κ1) is 27.4. The van der Waals surface area contributed by atoms with E-state index >= 15 is 0 Å². The van der Waals surface area contributed by atoms with Gasteiger partial charge < -0.3 is 10.2 Å². The van der Waals surface area contributed by atoms with E-state index in [2.05, 4.69) is 40.3 Å². The first-order valence-corrected chi connectivity index (χ1v) is 16.1. The summed E-state index contributed by atoms with van der Waals surface area (Å²) in [6, 6.07) is 24.9. The second-order valence-corrected chi connectivity index (χ2v) is 13.7. The van der Waals surface area contributed by atoms with Crippen LogP contribution in [0.1, 0.15) is 69.3 Å². The zero-order chi connectivity index (χ0) is 28.8. The van der Waals surface area contributed by atoms with Crippen LogP contribution in [-0.4, -0.2) is 26.0 Å². The number of amides is 2. The lowest BCUT2D eigenvalue weighted by molar-refractivity contribution is -0.0168. The molecule has 216 valence electrons. The highest BCUT2D eigenvalue weighted by atomic mass is 79.9. The number of benzene rings is 3. The summed E-state index contributed by atoms with van der Waals surface area (Å²) in [5.74, 6) is 2.77. The standard InChI is InChI=1S/C35H37BrN4O2/c1-2-31(32-37-30-11-7-6-10-29(30)33(41)40(32)28-14-12-27(36)13-15-28)39(22-23-8-4-3-5-9-23)34(42)38-35-19-24-16-25(20-35)18-26(17-24)21-35/h3-15,24-26,31H,2,16-22H2,1H3,(H,38,42). The Bertz CT molecular complexity index is 1630. The fourth-order valence-corrected chi connectivity index (χ4v) is 8.69. The number of para-hydroxylation sites is 1. The minimum Gasteiger partial charge on any atom is -0.332 e. The van der Waals surface area contributed by atoms with E-state index in [1.54, 1.807) is 4.57 Å². The van der Waals surface area contributed by atoms with Crippen molar-refractivity contribution in [2.75, 3.05) is 0 Å². The number of carbonyl (C=O) groups excluding carboxylic acids is 1. The van der Waals surface area contributed by atoms with Crippen LogP contribution in [0.25, 0.3) is 16.6 Å². The Balaban J connectivity index is 1.33. The van der Waals surface area contributed by atoms with Crippen molar-refractivity contribution in [1.82, 2.24) is 19.8 Å². The van der Waals surface area contributed by atoms with Gasteiger partial charge in [0.25, 0.3) is 5.56 Å². The number of hydrogen-bond donors (Lipinski definition) is 1. The van der Waals surface area contributed by atoms with Crippen LogP contribution >= 0.6 is 15.9 Å². The quantitative estimate of drug-likeness (QED) is 0.228. The molecule has 1 heterocycles. The van der Waals surface area contributed by atoms with Gasteiger partial charge in [0, 0.05) is 16.6 Å². The second kappa shape index (κ2) is 11.0. The Morgan fingerprint density at radius 1 is 0.952 bits per heavy atom. The topological polar surface area (TPSA) is 67.2 Å². The summed E-state index contributed by atoms with van der Waals surface area (Å²) in [5.41, 5.74) is 2.18. The summed E-state index contributed by atoms with van der Waals surface area (Å²) in [7, 11) is 0. The van der Waals surface area contributed by atoms with Crippen LogP contribution in [0.3, 0.4) is 0 Å². The summed E-state index contributed by atoms with van der Waals surface area (Å²) in [4.78, 5) is 35.7. The molecule has 6 nitrogen and oxygen atoms in total. The van der Waals surface area contributed by atoms with Crippen molar-refractivity contribution in [3.63, 3.8) is 0 Å². The monoisotopic (exact) mass is 624 g/mol. The van der Waals surface area contributed by atoms with Crippen LogP contribution in [0.4, 0.5) is 4.79 Å². The van der Waals surface area contributed by atoms with Crippen LogP contribution in [0.2, 0.25) is 0 Å². The Morgan fingerprint density at radius 3 is 2.21 bits per heavy atom. The maximum atomic E-state index is 14.5. The number of rotatable bonds is 7. The first-order valence-electron chi connectivity index (χ1n) is 15.3. The highest BCUT2D eigenvalue weighted by Gasteiger charge is 2.52. The van der Waals surface area contributed by atoms with E-state index in [9.17, 15) is 9.59 Å². The van der Waals surface area contributed by atoms with Crippen molar-refractivity contribution in [2.24, 2.45) is 17.8 Å². The van der Waals surface area contributed by atoms with Crippen LogP contribution in [0.15, 0.2) is 88.1 Å². The first-order chi connectivity index (χ1) is 20.4. The number of aromatic nitrogens is 2. The van der Waals surface area contributed by atoms with Gasteiger partial charge in [-0.25, -0.2) is 9.78 Å². The molecule has 7 heteroatoms. The molecular formula is C35H37BrN4O2. The molecule has 0 spiro atoms. The molecule has 4 bridgehead atoms. The predicted molar refractivity (Wildman–Crippen MR) is 169 cm³/mol. The minimum atomic E-state index is -0.417. The Labute approximate surface area is 255 Å². The molecule has 42 heavy (non-hydrogen) atoms. The van der Waals surface area contributed by atoms with Gasteiger partial charge >= 0.3 is 6.03 Å². The molecule has 0 saturated heterocycles. The molecule has 1 N–H and O–H groups in total. The molecule has 2 amide bonds. The SMILES string of the molecule is CCC(c1nc2ccccc2c(=O)n1-c1ccc(Br)cc1)N(Cc1ccccc1)C(=O)NC12CC3CC(CC(C3)C1)C2. The molecule has 1 unspecified atom stereocenters. The minimum absolute atomic E-state index is 0.0579. The molecule has 1 atom stereocenters. The van der Waals surface area contributed by atoms with Crippen molar-refractivity contribution in [2.45, 2.75) is 70.0 Å². The second-order valence-electron chi connectivity index (χ2n) is 12.8. The van der Waals surface area contributed by atoms with Crippen molar-refractivity contribution in [3.8, 4) is 5.69 Å². The Kier molecular flexibility index (Phi) is 7.17. The number of halogens is 1. The number of nitrogens with one attached hydrogen (secondary N) is 1. The van der Waals surface area contributed by atoms with Gasteiger partial charge in [-0.1, -0.05) is 65.3 Å². The summed E-state index contributed by atoms with van der Waals surface area (Å²) in [6.45, 7) is 2.51. The zero-order valence-electron chi connectivity index (χ0n) is 24.0. The molecule has 3 aromatic carbocycles. The maximum absolute atomic E-state index is 14.5. The van der Waals surface area contributed by atoms with Crippen molar-refractivity contribution in [3.05, 3.63) is 105 Å². The number of nitrogens with zero attached hydrogens (tertiary/aromatic N) is 3. The molecule has 0 radical (unpaired) electrons. The van der Waals surface area contributed by atoms with Crippen LogP contribution < -0.4 is 10.9 Å². The van der Waals surface area contributed by atoms with Gasteiger partial charge in [0.15, 0.2) is 0 Å². The molecule has 1 aromatic heterocycles. The van der Waals surface area contributed by atoms with Crippen molar-refractivity contribution >= 4 is 32.9 Å². The van der Waals surface area contributed by atoms with E-state index < -0.39 is 6.04 Å². The Hall–Kier alpha value is -3.45. The summed E-state index contributed by atoms with van der Waals surface area (Å²) >= 11 is 3.53. The third kappa shape index (κ3) is 5.06. The summed E-state index contributed by atoms with van der Waals surface area (Å²) < 4.78 is 2.64. The lowest BCUT2D eigenvalue weighted by Crippen LogP contribution is -2.62. The third-order valence-electron chi connectivity index (χ3n) is 9.81. The van der Waals surface area contributed by atoms with Crippen molar-refractivity contribution in [1.29, 1.82) is 0 Å². The van der Waals surface area contributed by atoms with Gasteiger partial charge in [0.1, 0.15) is 5.82 Å². The summed E-state index contributed by atoms with van der Waals surface area (Å²) in [5, 5.41) is 4.18. The van der Waals surface area contributed by atoms with Gasteiger partial charge in [-0.05, 0) is 105 Å². The van der Waals surface area contributed by atoms with E-state index in [0.29, 0.717) is 29.7 Å². The zero-order valence-corrected chi connectivity index (χ0v) is 25.6. The number of urea groups is 1. The fourth-order valence-electron chi connectivity index (χ4n) is 8.42. The van der Waals surface area contributed by atoms with E-state index in [0.717, 1.165) is 52.7 Å². The van der Waals surface area contributed by atoms with Gasteiger partial charge in [0.2, 0.25) is 0 Å². The number of hydrogen-bond acceptors (Lipinski definition) is 3. The predicted octanol–water partition coefficient (Wildman–Crippen LogP) is 7.78. The third-order valence-corrected chi connectivity index (χ3v) is 10.3. The molecule has 4 aliphatic carbocycles. The van der Waals surface area contributed by atoms with E-state index in [1.807, 2.05) is 71.6 Å². The fraction of sp³-hybridized carbons (Fsp3) is 0.400. The average Bonchev–Trinajstić information content (AvgIpc) is 2.97. The van der Waals surface area contributed by atoms with Gasteiger partial charge in [-0.15, -0.1) is 0 Å². The molecular weight excluding hydrogens is 588 g/mol. The van der Waals surface area contributed by atoms with Gasteiger partial charge in [-0.2, -0.15) is 0 Å². The van der Waals surface area contributed by atoms with E-state index in [-0.39, 0.29) is 17.1 Å². The average molecular weight is 626 g/mol. The van der Waals surface area contributed by atoms with Crippen LogP contribution in [0.5, 0.6) is 0 Å². The molecule has 8 rings (SSSR count). The van der Waals surface area contributed by atoms with Crippen LogP contribution in [-0.2, 0) is 6.54 Å². The maximum Gasteiger partial charge on any atom is 0.318 e. The highest BCUT2D eigenvalue weighted by molar-refractivity contribution is 9.10. The van der Waals surface area contributed by atoms with Gasteiger partial charge in [-0.3, -0.25) is 9.36 Å². The lowest BCUT2D eigenvalue weighted by atomic mass is 9.53. The molecule has 4 saturated carbocycles.